The van der Waals surface area contributed by atoms with Crippen molar-refractivity contribution in [3.8, 4) is 0 Å². The second kappa shape index (κ2) is 8.90. The highest BCUT2D eigenvalue weighted by Gasteiger charge is 2.06. The van der Waals surface area contributed by atoms with Gasteiger partial charge in [0, 0.05) is 30.0 Å². The summed E-state index contributed by atoms with van der Waals surface area (Å²) in [7, 11) is 1.92. The molecule has 1 heterocycles. The second-order valence-electron chi connectivity index (χ2n) is 4.88. The molecule has 6 heteroatoms. The first kappa shape index (κ1) is 17.0. The largest absolute Gasteiger partial charge is 0.329 e. The Bertz CT molecular complexity index is 596. The van der Waals surface area contributed by atoms with Gasteiger partial charge in [0.25, 0.3) is 0 Å². The van der Waals surface area contributed by atoms with Crippen LogP contribution in [0.25, 0.3) is 0 Å². The van der Waals surface area contributed by atoms with E-state index in [2.05, 4.69) is 29.4 Å². The third kappa shape index (κ3) is 5.42. The zero-order valence-electron chi connectivity index (χ0n) is 12.9. The van der Waals surface area contributed by atoms with Gasteiger partial charge in [0.2, 0.25) is 5.91 Å². The van der Waals surface area contributed by atoms with E-state index in [1.165, 1.54) is 29.5 Å². The maximum atomic E-state index is 11.9. The second-order valence-corrected chi connectivity index (χ2v) is 6.99. The van der Waals surface area contributed by atoms with E-state index in [1.807, 2.05) is 41.7 Å². The quantitative estimate of drug-likeness (QED) is 0.584. The van der Waals surface area contributed by atoms with Crippen LogP contribution in [0.2, 0.25) is 0 Å². The molecule has 0 saturated heterocycles. The minimum atomic E-state index is -0.0145. The number of carbonyl (C=O) groups excluding carboxylic acids is 1. The SMILES string of the molecule is CCCCSc1ccc(NC(=O)CSc2nccn2C)cc1. The van der Waals surface area contributed by atoms with E-state index >= 15 is 0 Å². The van der Waals surface area contributed by atoms with Crippen LogP contribution >= 0.6 is 23.5 Å². The van der Waals surface area contributed by atoms with Crippen LogP contribution in [0.5, 0.6) is 0 Å². The molecule has 0 bridgehead atoms. The van der Waals surface area contributed by atoms with Crippen LogP contribution in [0.1, 0.15) is 19.8 Å². The maximum absolute atomic E-state index is 11.9. The van der Waals surface area contributed by atoms with Crippen LogP contribution in [0.4, 0.5) is 5.69 Å². The van der Waals surface area contributed by atoms with E-state index < -0.39 is 0 Å². The number of benzene rings is 1. The lowest BCUT2D eigenvalue weighted by Crippen LogP contribution is -2.14. The normalized spacial score (nSPS) is 10.6. The van der Waals surface area contributed by atoms with Gasteiger partial charge in [0.05, 0.1) is 5.75 Å². The molecule has 0 aliphatic rings. The van der Waals surface area contributed by atoms with Crippen LogP contribution in [0.15, 0.2) is 46.7 Å². The molecule has 118 valence electrons. The van der Waals surface area contributed by atoms with E-state index in [1.54, 1.807) is 6.20 Å². The zero-order chi connectivity index (χ0) is 15.8. The van der Waals surface area contributed by atoms with Crippen molar-refractivity contribution in [3.05, 3.63) is 36.7 Å². The Kier molecular flexibility index (Phi) is 6.86. The Morgan fingerprint density at radius 2 is 2.05 bits per heavy atom. The van der Waals surface area contributed by atoms with Crippen molar-refractivity contribution >= 4 is 35.1 Å². The van der Waals surface area contributed by atoms with Crippen LogP contribution in [-0.2, 0) is 11.8 Å². The number of nitrogens with one attached hydrogen (secondary N) is 1. The topological polar surface area (TPSA) is 46.9 Å². The molecule has 0 fully saturated rings. The lowest BCUT2D eigenvalue weighted by molar-refractivity contribution is -0.113. The molecule has 0 radical (unpaired) electrons. The van der Waals surface area contributed by atoms with Gasteiger partial charge in [-0.3, -0.25) is 4.79 Å². The van der Waals surface area contributed by atoms with Gasteiger partial charge < -0.3 is 9.88 Å². The third-order valence-corrected chi connectivity index (χ3v) is 5.17. The van der Waals surface area contributed by atoms with Crippen LogP contribution in [-0.4, -0.2) is 27.0 Å². The van der Waals surface area contributed by atoms with Crippen molar-refractivity contribution in [1.82, 2.24) is 9.55 Å². The fraction of sp³-hybridized carbons (Fsp3) is 0.375. The van der Waals surface area contributed by atoms with Gasteiger partial charge in [0.1, 0.15) is 0 Å². The zero-order valence-corrected chi connectivity index (χ0v) is 14.5. The molecule has 22 heavy (non-hydrogen) atoms. The fourth-order valence-electron chi connectivity index (χ4n) is 1.79. The molecule has 1 aromatic heterocycles. The van der Waals surface area contributed by atoms with Gasteiger partial charge >= 0.3 is 0 Å². The Morgan fingerprint density at radius 1 is 1.27 bits per heavy atom. The number of aryl methyl sites for hydroxylation is 1. The number of anilines is 1. The number of hydrogen-bond donors (Lipinski definition) is 1. The molecule has 1 aromatic carbocycles. The van der Waals surface area contributed by atoms with Crippen molar-refractivity contribution < 1.29 is 4.79 Å². The molecule has 0 unspecified atom stereocenters. The van der Waals surface area contributed by atoms with E-state index in [0.717, 1.165) is 16.6 Å². The first-order valence-electron chi connectivity index (χ1n) is 7.32. The number of hydrogen-bond acceptors (Lipinski definition) is 4. The number of nitrogens with zero attached hydrogens (tertiary/aromatic N) is 2. The summed E-state index contributed by atoms with van der Waals surface area (Å²) in [4.78, 5) is 17.4. The molecule has 4 nitrogen and oxygen atoms in total. The molecule has 2 aromatic rings. The summed E-state index contributed by atoms with van der Waals surface area (Å²) >= 11 is 3.29. The highest BCUT2D eigenvalue weighted by atomic mass is 32.2. The first-order chi connectivity index (χ1) is 10.7. The molecular formula is C16H21N3OS2. The maximum Gasteiger partial charge on any atom is 0.234 e. The number of rotatable bonds is 8. The molecule has 1 amide bonds. The number of unbranched alkanes of at least 4 members (excludes halogenated alkanes) is 1. The minimum absolute atomic E-state index is 0.0145. The van der Waals surface area contributed by atoms with Gasteiger partial charge in [-0.1, -0.05) is 25.1 Å². The summed E-state index contributed by atoms with van der Waals surface area (Å²) in [5.41, 5.74) is 0.838. The molecule has 2 rings (SSSR count). The predicted molar refractivity (Wildman–Crippen MR) is 94.6 cm³/mol. The van der Waals surface area contributed by atoms with Gasteiger partial charge in [-0.2, -0.15) is 0 Å². The lowest BCUT2D eigenvalue weighted by Gasteiger charge is -2.06. The monoisotopic (exact) mass is 335 g/mol. The Labute approximate surface area is 140 Å². The molecular weight excluding hydrogens is 314 g/mol. The summed E-state index contributed by atoms with van der Waals surface area (Å²) < 4.78 is 1.90. The van der Waals surface area contributed by atoms with E-state index in [9.17, 15) is 4.79 Å². The summed E-state index contributed by atoms with van der Waals surface area (Å²) in [6.45, 7) is 2.20. The first-order valence-corrected chi connectivity index (χ1v) is 9.29. The summed E-state index contributed by atoms with van der Waals surface area (Å²) in [6.07, 6.45) is 6.05. The van der Waals surface area contributed by atoms with Gasteiger partial charge in [0.15, 0.2) is 5.16 Å². The number of carbonyl (C=O) groups is 1. The third-order valence-electron chi connectivity index (χ3n) is 3.01. The van der Waals surface area contributed by atoms with Gasteiger partial charge in [-0.15, -0.1) is 11.8 Å². The summed E-state index contributed by atoms with van der Waals surface area (Å²) in [5, 5.41) is 3.76. The highest BCUT2D eigenvalue weighted by molar-refractivity contribution is 7.99. The molecule has 0 saturated carbocycles. The molecule has 0 aliphatic heterocycles. The Balaban J connectivity index is 1.77. The summed E-state index contributed by atoms with van der Waals surface area (Å²) in [6, 6.07) is 8.03. The van der Waals surface area contributed by atoms with E-state index in [0.29, 0.717) is 5.75 Å². The average molecular weight is 335 g/mol. The molecule has 0 aliphatic carbocycles. The van der Waals surface area contributed by atoms with Gasteiger partial charge in [-0.05, 0) is 36.4 Å². The molecule has 1 N–H and O–H groups in total. The molecule has 0 atom stereocenters. The smallest absolute Gasteiger partial charge is 0.234 e. The Hall–Kier alpha value is -1.40. The van der Waals surface area contributed by atoms with Crippen molar-refractivity contribution in [2.75, 3.05) is 16.8 Å². The highest BCUT2D eigenvalue weighted by Crippen LogP contribution is 2.22. The van der Waals surface area contributed by atoms with Crippen LogP contribution in [0, 0.1) is 0 Å². The number of imidazole rings is 1. The van der Waals surface area contributed by atoms with Crippen molar-refractivity contribution in [2.45, 2.75) is 29.8 Å². The summed E-state index contributed by atoms with van der Waals surface area (Å²) in [5.74, 6) is 1.49. The molecule has 0 spiro atoms. The minimum Gasteiger partial charge on any atom is -0.329 e. The number of aromatic nitrogens is 2. The van der Waals surface area contributed by atoms with Gasteiger partial charge in [-0.25, -0.2) is 4.98 Å². The standard InChI is InChI=1S/C16H21N3OS2/c1-3-4-11-21-14-7-5-13(6-8-14)18-15(20)12-22-16-17-9-10-19(16)2/h5-10H,3-4,11-12H2,1-2H3,(H,18,20). The predicted octanol–water partition coefficient (Wildman–Crippen LogP) is 4.04. The average Bonchev–Trinajstić information content (AvgIpc) is 2.92. The number of amides is 1. The van der Waals surface area contributed by atoms with E-state index in [-0.39, 0.29) is 5.91 Å². The van der Waals surface area contributed by atoms with Crippen LogP contribution < -0.4 is 5.32 Å². The van der Waals surface area contributed by atoms with Crippen molar-refractivity contribution in [3.63, 3.8) is 0 Å². The van der Waals surface area contributed by atoms with Crippen molar-refractivity contribution in [2.24, 2.45) is 7.05 Å². The lowest BCUT2D eigenvalue weighted by atomic mass is 10.3. The fourth-order valence-corrected chi connectivity index (χ4v) is 3.52. The number of thioether (sulfide) groups is 2. The van der Waals surface area contributed by atoms with Crippen LogP contribution in [0.3, 0.4) is 0 Å². The van der Waals surface area contributed by atoms with E-state index in [4.69, 9.17) is 0 Å². The Morgan fingerprint density at radius 3 is 2.68 bits per heavy atom. The van der Waals surface area contributed by atoms with Crippen molar-refractivity contribution in [1.29, 1.82) is 0 Å².